The molecule has 0 radical (unpaired) electrons. The van der Waals surface area contributed by atoms with Crippen LogP contribution in [0.4, 0.5) is 26.3 Å². The highest BCUT2D eigenvalue weighted by molar-refractivity contribution is 5.79. The normalized spacial score (nSPS) is 24.5. The van der Waals surface area contributed by atoms with E-state index in [4.69, 9.17) is 4.74 Å². The smallest absolute Gasteiger partial charge is 0.370 e. The fourth-order valence-corrected chi connectivity index (χ4v) is 5.90. The summed E-state index contributed by atoms with van der Waals surface area (Å²) < 4.78 is 86.8. The van der Waals surface area contributed by atoms with Crippen LogP contribution >= 0.6 is 0 Å². The van der Waals surface area contributed by atoms with E-state index >= 15 is 0 Å². The van der Waals surface area contributed by atoms with E-state index in [1.807, 2.05) is 30.3 Å². The SMILES string of the molecule is CC(=O)NC1CCC(C(=O)N2CCC(OC(C)c3cc(C(F)(F)F)cc(C(F)(F)F)c3)C(c3ccccc3)C2)CC1. The molecular formula is C30H34F6N2O3. The minimum Gasteiger partial charge on any atom is -0.370 e. The average molecular weight is 585 g/mol. The summed E-state index contributed by atoms with van der Waals surface area (Å²) in [4.78, 5) is 26.6. The Morgan fingerprint density at radius 1 is 0.902 bits per heavy atom. The van der Waals surface area contributed by atoms with Crippen LogP contribution < -0.4 is 5.32 Å². The van der Waals surface area contributed by atoms with Crippen molar-refractivity contribution in [1.82, 2.24) is 10.2 Å². The topological polar surface area (TPSA) is 58.6 Å². The second kappa shape index (κ2) is 12.4. The summed E-state index contributed by atoms with van der Waals surface area (Å²) >= 11 is 0. The highest BCUT2D eigenvalue weighted by Gasteiger charge is 2.40. The van der Waals surface area contributed by atoms with Gasteiger partial charge >= 0.3 is 12.4 Å². The van der Waals surface area contributed by atoms with E-state index in [2.05, 4.69) is 5.32 Å². The lowest BCUT2D eigenvalue weighted by atomic mass is 9.83. The van der Waals surface area contributed by atoms with Crippen LogP contribution in [0.3, 0.4) is 0 Å². The van der Waals surface area contributed by atoms with Gasteiger partial charge in [-0.15, -0.1) is 0 Å². The van der Waals surface area contributed by atoms with Crippen LogP contribution in [0, 0.1) is 5.92 Å². The number of carbonyl (C=O) groups is 2. The predicted molar refractivity (Wildman–Crippen MR) is 140 cm³/mol. The number of hydrogen-bond acceptors (Lipinski definition) is 3. The van der Waals surface area contributed by atoms with E-state index in [9.17, 15) is 35.9 Å². The average Bonchev–Trinajstić information content (AvgIpc) is 2.92. The highest BCUT2D eigenvalue weighted by atomic mass is 19.4. The Balaban J connectivity index is 1.51. The van der Waals surface area contributed by atoms with E-state index in [0.717, 1.165) is 5.56 Å². The van der Waals surface area contributed by atoms with Gasteiger partial charge in [-0.2, -0.15) is 26.3 Å². The third-order valence-corrected chi connectivity index (χ3v) is 8.03. The summed E-state index contributed by atoms with van der Waals surface area (Å²) in [7, 11) is 0. The molecule has 1 aliphatic heterocycles. The van der Waals surface area contributed by atoms with E-state index in [0.29, 0.717) is 57.3 Å². The molecular weight excluding hydrogens is 550 g/mol. The second-order valence-corrected chi connectivity index (χ2v) is 11.0. The Morgan fingerprint density at radius 3 is 2.02 bits per heavy atom. The Morgan fingerprint density at radius 2 is 1.49 bits per heavy atom. The monoisotopic (exact) mass is 584 g/mol. The fraction of sp³-hybridized carbons (Fsp3) is 0.533. The summed E-state index contributed by atoms with van der Waals surface area (Å²) in [6.45, 7) is 3.60. The molecule has 41 heavy (non-hydrogen) atoms. The van der Waals surface area contributed by atoms with Gasteiger partial charge in [-0.3, -0.25) is 9.59 Å². The van der Waals surface area contributed by atoms with Gasteiger partial charge in [0.05, 0.1) is 23.3 Å². The second-order valence-electron chi connectivity index (χ2n) is 11.0. The number of amides is 2. The molecule has 4 rings (SSSR count). The molecule has 1 aliphatic carbocycles. The number of nitrogens with one attached hydrogen (secondary N) is 1. The van der Waals surface area contributed by atoms with Crippen molar-refractivity contribution in [1.29, 1.82) is 0 Å². The van der Waals surface area contributed by atoms with E-state index < -0.39 is 35.7 Å². The van der Waals surface area contributed by atoms with Crippen LogP contribution in [0.15, 0.2) is 48.5 Å². The van der Waals surface area contributed by atoms with Crippen molar-refractivity contribution < 1.29 is 40.7 Å². The number of likely N-dealkylation sites (tertiary alicyclic amines) is 1. The molecule has 0 aromatic heterocycles. The first-order valence-corrected chi connectivity index (χ1v) is 13.8. The van der Waals surface area contributed by atoms with Gasteiger partial charge in [-0.25, -0.2) is 0 Å². The molecule has 0 bridgehead atoms. The van der Waals surface area contributed by atoms with Crippen molar-refractivity contribution in [2.75, 3.05) is 13.1 Å². The zero-order chi connectivity index (χ0) is 29.9. The fourth-order valence-electron chi connectivity index (χ4n) is 5.90. The van der Waals surface area contributed by atoms with Gasteiger partial charge in [0.15, 0.2) is 0 Å². The standard InChI is InChI=1S/C30H34F6N2O3/c1-18(22-14-23(29(31,32)33)16-24(15-22)30(34,35)36)41-27-12-13-38(17-26(27)20-6-4-3-5-7-20)28(40)21-8-10-25(11-9-21)37-19(2)39/h3-7,14-16,18,21,25-27H,8-13,17H2,1-2H3,(H,37,39). The third-order valence-electron chi connectivity index (χ3n) is 8.03. The number of nitrogens with zero attached hydrogens (tertiary/aromatic N) is 1. The number of hydrogen-bond donors (Lipinski definition) is 1. The van der Waals surface area contributed by atoms with Crippen LogP contribution in [-0.4, -0.2) is 41.9 Å². The molecule has 0 spiro atoms. The van der Waals surface area contributed by atoms with Crippen molar-refractivity contribution >= 4 is 11.8 Å². The van der Waals surface area contributed by atoms with E-state index in [1.54, 1.807) is 4.90 Å². The first kappa shape index (κ1) is 30.9. The number of alkyl halides is 6. The predicted octanol–water partition coefficient (Wildman–Crippen LogP) is 6.88. The number of rotatable bonds is 6. The van der Waals surface area contributed by atoms with E-state index in [-0.39, 0.29) is 41.3 Å². The highest BCUT2D eigenvalue weighted by Crippen LogP contribution is 2.40. The van der Waals surface area contributed by atoms with Crippen molar-refractivity contribution in [3.63, 3.8) is 0 Å². The van der Waals surface area contributed by atoms with E-state index in [1.165, 1.54) is 13.8 Å². The molecule has 3 atom stereocenters. The summed E-state index contributed by atoms with van der Waals surface area (Å²) in [6, 6.07) is 10.8. The lowest BCUT2D eigenvalue weighted by Gasteiger charge is -2.41. The zero-order valence-electron chi connectivity index (χ0n) is 22.9. The Bertz CT molecular complexity index is 1180. The van der Waals surface area contributed by atoms with Crippen LogP contribution in [0.2, 0.25) is 0 Å². The molecule has 5 nitrogen and oxygen atoms in total. The number of halogens is 6. The Kier molecular flexibility index (Phi) is 9.35. The zero-order valence-corrected chi connectivity index (χ0v) is 22.9. The first-order chi connectivity index (χ1) is 19.2. The molecule has 224 valence electrons. The van der Waals surface area contributed by atoms with Gasteiger partial charge in [0.2, 0.25) is 11.8 Å². The van der Waals surface area contributed by atoms with Gasteiger partial charge < -0.3 is 15.0 Å². The molecule has 1 saturated carbocycles. The molecule has 2 amide bonds. The maximum absolute atomic E-state index is 13.5. The number of piperidine rings is 1. The Labute approximate surface area is 235 Å². The maximum Gasteiger partial charge on any atom is 0.416 e. The summed E-state index contributed by atoms with van der Waals surface area (Å²) in [6.07, 6.45) is -8.36. The van der Waals surface area contributed by atoms with Crippen LogP contribution in [0.5, 0.6) is 0 Å². The van der Waals surface area contributed by atoms with Gasteiger partial charge in [-0.1, -0.05) is 30.3 Å². The minimum absolute atomic E-state index is 0.0198. The van der Waals surface area contributed by atoms with Gasteiger partial charge in [0.25, 0.3) is 0 Å². The summed E-state index contributed by atoms with van der Waals surface area (Å²) in [5, 5.41) is 2.90. The lowest BCUT2D eigenvalue weighted by Crippen LogP contribution is -2.49. The van der Waals surface area contributed by atoms with Crippen molar-refractivity contribution in [3.8, 4) is 0 Å². The van der Waals surface area contributed by atoms with Crippen LogP contribution in [0.25, 0.3) is 0 Å². The molecule has 1 heterocycles. The number of carbonyl (C=O) groups excluding carboxylic acids is 2. The summed E-state index contributed by atoms with van der Waals surface area (Å²) in [5.74, 6) is -0.563. The maximum atomic E-state index is 13.5. The molecule has 2 aromatic rings. The molecule has 2 aromatic carbocycles. The number of benzene rings is 2. The molecule has 2 aliphatic rings. The summed E-state index contributed by atoms with van der Waals surface area (Å²) in [5.41, 5.74) is -2.11. The molecule has 11 heteroatoms. The molecule has 1 N–H and O–H groups in total. The first-order valence-electron chi connectivity index (χ1n) is 13.8. The number of ether oxygens (including phenoxy) is 1. The molecule has 2 fully saturated rings. The van der Waals surface area contributed by atoms with Crippen molar-refractivity contribution in [2.45, 2.75) is 82.5 Å². The molecule has 3 unspecified atom stereocenters. The quantitative estimate of drug-likeness (QED) is 0.377. The van der Waals surface area contributed by atoms with Gasteiger partial charge in [0.1, 0.15) is 0 Å². The molecule has 1 saturated heterocycles. The third kappa shape index (κ3) is 7.81. The van der Waals surface area contributed by atoms with Gasteiger partial charge in [-0.05, 0) is 68.4 Å². The van der Waals surface area contributed by atoms with Crippen molar-refractivity contribution in [2.24, 2.45) is 5.92 Å². The largest absolute Gasteiger partial charge is 0.416 e. The van der Waals surface area contributed by atoms with Gasteiger partial charge in [0, 0.05) is 37.9 Å². The Hall–Kier alpha value is -3.08. The van der Waals surface area contributed by atoms with Crippen LogP contribution in [0.1, 0.15) is 80.2 Å². The van der Waals surface area contributed by atoms with Crippen LogP contribution in [-0.2, 0) is 26.7 Å². The van der Waals surface area contributed by atoms with Crippen molar-refractivity contribution in [3.05, 3.63) is 70.8 Å². The minimum atomic E-state index is -4.95. The lowest BCUT2D eigenvalue weighted by molar-refractivity contribution is -0.143.